The minimum Gasteiger partial charge on any atom is -0.448 e. The lowest BCUT2D eigenvalue weighted by Crippen LogP contribution is -2.70. The summed E-state index contributed by atoms with van der Waals surface area (Å²) in [5.74, 6) is -0.909. The van der Waals surface area contributed by atoms with E-state index in [1.165, 1.54) is 39.8 Å². The Hall–Kier alpha value is -3.97. The molecule has 12 heteroatoms. The van der Waals surface area contributed by atoms with Crippen LogP contribution in [0.4, 0.5) is 0 Å². The number of carbonyl (C=O) groups excluding carboxylic acids is 3. The Morgan fingerprint density at radius 3 is 2.21 bits per heavy atom. The standard InChI is InChI=1S/C31H26N4O5S3/c36-17-24-33-34-31(43-24)42-22-18-41-29-25(32-23(37)16-19-10-4-1-5-11-19)28(38)35(29)26(22)30(39)40-27(20-12-6-2-7-13-20)21-14-8-3-9-15-21/h1-15,25,27,29,36H,16-18H2,(H,32,37)/t25-,29-/m1/s1. The van der Waals surface area contributed by atoms with Gasteiger partial charge in [0.15, 0.2) is 10.4 Å². The van der Waals surface area contributed by atoms with E-state index in [1.54, 1.807) is 0 Å². The van der Waals surface area contributed by atoms with Gasteiger partial charge in [-0.2, -0.15) is 0 Å². The molecule has 4 aromatic rings. The quantitative estimate of drug-likeness (QED) is 0.195. The van der Waals surface area contributed by atoms with Crippen molar-refractivity contribution in [1.82, 2.24) is 20.4 Å². The number of hydrogen-bond acceptors (Lipinski definition) is 10. The molecule has 2 aliphatic heterocycles. The number of nitrogens with one attached hydrogen (secondary N) is 1. The number of esters is 1. The third kappa shape index (κ3) is 6.37. The molecule has 0 unspecified atom stereocenters. The fourth-order valence-corrected chi connectivity index (χ4v) is 8.25. The van der Waals surface area contributed by atoms with Crippen LogP contribution in [-0.2, 0) is 32.1 Å². The summed E-state index contributed by atoms with van der Waals surface area (Å²) in [6.07, 6.45) is -0.560. The van der Waals surface area contributed by atoms with Crippen molar-refractivity contribution < 1.29 is 24.2 Å². The zero-order valence-corrected chi connectivity index (χ0v) is 25.1. The number of benzene rings is 3. The number of rotatable bonds is 10. The van der Waals surface area contributed by atoms with E-state index >= 15 is 0 Å². The van der Waals surface area contributed by atoms with Crippen molar-refractivity contribution in [2.24, 2.45) is 0 Å². The van der Waals surface area contributed by atoms with E-state index in [0.29, 0.717) is 20.0 Å². The van der Waals surface area contributed by atoms with Gasteiger partial charge in [-0.3, -0.25) is 14.5 Å². The van der Waals surface area contributed by atoms with Crippen molar-refractivity contribution >= 4 is 52.6 Å². The van der Waals surface area contributed by atoms with E-state index in [2.05, 4.69) is 15.5 Å². The van der Waals surface area contributed by atoms with E-state index in [0.717, 1.165) is 16.7 Å². The van der Waals surface area contributed by atoms with Gasteiger partial charge in [-0.15, -0.1) is 22.0 Å². The van der Waals surface area contributed by atoms with Crippen molar-refractivity contribution in [3.8, 4) is 0 Å². The highest BCUT2D eigenvalue weighted by Crippen LogP contribution is 2.46. The highest BCUT2D eigenvalue weighted by Gasteiger charge is 2.55. The van der Waals surface area contributed by atoms with Gasteiger partial charge in [0, 0.05) is 10.7 Å². The molecule has 3 heterocycles. The maximum absolute atomic E-state index is 14.1. The summed E-state index contributed by atoms with van der Waals surface area (Å²) >= 11 is 3.90. The Labute approximate surface area is 260 Å². The number of aliphatic hydroxyl groups excluding tert-OH is 1. The van der Waals surface area contributed by atoms with Crippen LogP contribution in [0.5, 0.6) is 0 Å². The molecule has 2 N–H and O–H groups in total. The monoisotopic (exact) mass is 630 g/mol. The second-order valence-electron chi connectivity index (χ2n) is 9.72. The summed E-state index contributed by atoms with van der Waals surface area (Å²) < 4.78 is 6.71. The van der Waals surface area contributed by atoms with Gasteiger partial charge in [-0.05, 0) is 16.7 Å². The Kier molecular flexibility index (Phi) is 8.89. The van der Waals surface area contributed by atoms with Gasteiger partial charge >= 0.3 is 5.97 Å². The van der Waals surface area contributed by atoms with Crippen LogP contribution < -0.4 is 5.32 Å². The maximum atomic E-state index is 14.1. The van der Waals surface area contributed by atoms with Crippen LogP contribution >= 0.6 is 34.9 Å². The lowest BCUT2D eigenvalue weighted by atomic mass is 10.0. The Balaban J connectivity index is 1.28. The first-order chi connectivity index (χ1) is 21.0. The Morgan fingerprint density at radius 1 is 0.977 bits per heavy atom. The first-order valence-electron chi connectivity index (χ1n) is 13.4. The molecule has 3 aromatic carbocycles. The summed E-state index contributed by atoms with van der Waals surface area (Å²) in [6.45, 7) is -0.242. The fraction of sp³-hybridized carbons (Fsp3) is 0.194. The van der Waals surface area contributed by atoms with Crippen LogP contribution in [0.15, 0.2) is 106 Å². The third-order valence-electron chi connectivity index (χ3n) is 6.87. The molecule has 0 radical (unpaired) electrons. The molecule has 0 spiro atoms. The van der Waals surface area contributed by atoms with E-state index < -0.39 is 23.5 Å². The Morgan fingerprint density at radius 2 is 1.60 bits per heavy atom. The maximum Gasteiger partial charge on any atom is 0.356 e. The molecule has 1 aromatic heterocycles. The fourth-order valence-electron chi connectivity index (χ4n) is 4.86. The highest BCUT2D eigenvalue weighted by molar-refractivity contribution is 8.07. The first kappa shape index (κ1) is 29.1. The summed E-state index contributed by atoms with van der Waals surface area (Å²) in [6, 6.07) is 27.4. The van der Waals surface area contributed by atoms with Crippen molar-refractivity contribution in [3.63, 3.8) is 0 Å². The normalized spacial score (nSPS) is 17.8. The number of aliphatic hydroxyl groups is 1. The molecule has 43 heavy (non-hydrogen) atoms. The van der Waals surface area contributed by atoms with Crippen LogP contribution in [0.25, 0.3) is 0 Å². The number of carbonyl (C=O) groups is 3. The smallest absolute Gasteiger partial charge is 0.356 e. The zero-order valence-electron chi connectivity index (χ0n) is 22.7. The summed E-state index contributed by atoms with van der Waals surface area (Å²) in [7, 11) is 0. The number of hydrogen-bond donors (Lipinski definition) is 2. The molecule has 0 saturated carbocycles. The molecule has 2 aliphatic rings. The van der Waals surface area contributed by atoms with Crippen LogP contribution in [0, 0.1) is 0 Å². The summed E-state index contributed by atoms with van der Waals surface area (Å²) in [5.41, 5.74) is 2.55. The molecular weight excluding hydrogens is 605 g/mol. The third-order valence-corrected chi connectivity index (χ3v) is 10.4. The molecule has 0 bridgehead atoms. The molecule has 1 saturated heterocycles. The van der Waals surface area contributed by atoms with Crippen molar-refractivity contribution in [2.45, 2.75) is 34.9 Å². The van der Waals surface area contributed by atoms with Gasteiger partial charge in [-0.1, -0.05) is 114 Å². The molecule has 6 rings (SSSR count). The molecule has 2 amide bonds. The molecule has 1 fully saturated rings. The number of β-lactam (4-membered cyclic amide) rings is 1. The zero-order chi connectivity index (χ0) is 29.8. The number of ether oxygens (including phenoxy) is 1. The average molecular weight is 631 g/mol. The predicted octanol–water partition coefficient (Wildman–Crippen LogP) is 4.31. The van der Waals surface area contributed by atoms with Crippen LogP contribution in [0.1, 0.15) is 27.8 Å². The van der Waals surface area contributed by atoms with Crippen molar-refractivity contribution in [2.75, 3.05) is 5.75 Å². The second kappa shape index (κ2) is 13.1. The molecule has 0 aliphatic carbocycles. The molecule has 9 nitrogen and oxygen atoms in total. The molecule has 2 atom stereocenters. The number of aromatic nitrogens is 2. The van der Waals surface area contributed by atoms with Crippen molar-refractivity contribution in [1.29, 1.82) is 0 Å². The Bertz CT molecular complexity index is 1610. The summed E-state index contributed by atoms with van der Waals surface area (Å²) in [4.78, 5) is 42.5. The molecule has 218 valence electrons. The largest absolute Gasteiger partial charge is 0.448 e. The van der Waals surface area contributed by atoms with Gasteiger partial charge in [0.2, 0.25) is 5.91 Å². The lowest BCUT2D eigenvalue weighted by molar-refractivity contribution is -0.154. The second-order valence-corrected chi connectivity index (χ2v) is 13.2. The van der Waals surface area contributed by atoms with Crippen LogP contribution in [0.3, 0.4) is 0 Å². The topological polar surface area (TPSA) is 122 Å². The predicted molar refractivity (Wildman–Crippen MR) is 165 cm³/mol. The number of fused-ring (bicyclic) bond motifs is 1. The summed E-state index contributed by atoms with van der Waals surface area (Å²) in [5, 5.41) is 20.4. The van der Waals surface area contributed by atoms with E-state index in [9.17, 15) is 19.5 Å². The van der Waals surface area contributed by atoms with Crippen LogP contribution in [0.2, 0.25) is 0 Å². The van der Waals surface area contributed by atoms with Gasteiger partial charge < -0.3 is 15.2 Å². The lowest BCUT2D eigenvalue weighted by Gasteiger charge is -2.49. The first-order valence-corrected chi connectivity index (χ1v) is 16.1. The van der Waals surface area contributed by atoms with Gasteiger partial charge in [0.1, 0.15) is 22.1 Å². The van der Waals surface area contributed by atoms with Crippen LogP contribution in [-0.4, -0.2) is 55.2 Å². The average Bonchev–Trinajstić information content (AvgIpc) is 3.51. The minimum atomic E-state index is -0.767. The minimum absolute atomic E-state index is 0.130. The van der Waals surface area contributed by atoms with Gasteiger partial charge in [0.25, 0.3) is 5.91 Å². The number of thioether (sulfide) groups is 2. The SMILES string of the molecule is O=C(Cc1ccccc1)N[C@@H]1C(=O)N2C(C(=O)OC(c3ccccc3)c3ccccc3)=C(Sc3nnc(CO)s3)CS[C@H]12. The number of nitrogens with zero attached hydrogens (tertiary/aromatic N) is 3. The van der Waals surface area contributed by atoms with Gasteiger partial charge in [-0.25, -0.2) is 4.79 Å². The van der Waals surface area contributed by atoms with E-state index in [-0.39, 0.29) is 30.5 Å². The van der Waals surface area contributed by atoms with E-state index in [1.807, 2.05) is 91.0 Å². The highest BCUT2D eigenvalue weighted by atomic mass is 32.2. The van der Waals surface area contributed by atoms with Crippen molar-refractivity contribution in [3.05, 3.63) is 123 Å². The number of amides is 2. The van der Waals surface area contributed by atoms with E-state index in [4.69, 9.17) is 4.74 Å². The molecular formula is C31H26N4O5S3. The van der Waals surface area contributed by atoms with Gasteiger partial charge in [0.05, 0.1) is 13.0 Å².